The van der Waals surface area contributed by atoms with Crippen molar-refractivity contribution in [2.75, 3.05) is 11.9 Å². The van der Waals surface area contributed by atoms with Crippen molar-refractivity contribution in [3.05, 3.63) is 81.9 Å². The number of hydrogen-bond acceptors (Lipinski definition) is 6. The third-order valence-corrected chi connectivity index (χ3v) is 6.18. The van der Waals surface area contributed by atoms with Crippen molar-refractivity contribution in [1.29, 1.82) is 0 Å². The molecule has 5 rings (SSSR count). The van der Waals surface area contributed by atoms with Gasteiger partial charge in [-0.05, 0) is 62.2 Å². The fraction of sp³-hybridized carbons (Fsp3) is 0.160. The van der Waals surface area contributed by atoms with E-state index in [9.17, 15) is 4.79 Å². The van der Waals surface area contributed by atoms with Gasteiger partial charge in [0.25, 0.3) is 5.91 Å². The Morgan fingerprint density at radius 3 is 2.70 bits per heavy atom. The molecular formula is C25H22N4O3S. The molecule has 1 N–H and O–H groups in total. The molecule has 1 amide bonds. The maximum atomic E-state index is 11.8. The molecule has 0 radical (unpaired) electrons. The Morgan fingerprint density at radius 1 is 1.12 bits per heavy atom. The van der Waals surface area contributed by atoms with Crippen LogP contribution in [-0.4, -0.2) is 22.9 Å². The van der Waals surface area contributed by atoms with Gasteiger partial charge in [0, 0.05) is 10.9 Å². The Balaban J connectivity index is 1.70. The van der Waals surface area contributed by atoms with E-state index in [1.54, 1.807) is 6.26 Å². The zero-order valence-electron chi connectivity index (χ0n) is 18.5. The number of nitrogens with one attached hydrogen (secondary N) is 1. The number of thiazole rings is 1. The van der Waals surface area contributed by atoms with E-state index in [4.69, 9.17) is 19.2 Å². The molecule has 33 heavy (non-hydrogen) atoms. The lowest BCUT2D eigenvalue weighted by atomic mass is 10.1. The summed E-state index contributed by atoms with van der Waals surface area (Å²) in [5.41, 5.74) is 6.21. The van der Waals surface area contributed by atoms with Crippen molar-refractivity contribution in [2.45, 2.75) is 20.8 Å². The van der Waals surface area contributed by atoms with Gasteiger partial charge in [-0.15, -0.1) is 11.3 Å². The maximum Gasteiger partial charge on any atom is 0.262 e. The van der Waals surface area contributed by atoms with E-state index in [0.717, 1.165) is 38.6 Å². The monoisotopic (exact) mass is 458 g/mol. The SMILES string of the molecule is CC(=Nn1c(-c2ccc3c(c2)NC(=O)CO3)csc1=Nc1c(C)cccc1C)c1ccco1. The molecule has 7 nitrogen and oxygen atoms in total. The van der Waals surface area contributed by atoms with Gasteiger partial charge in [-0.2, -0.15) is 5.10 Å². The van der Waals surface area contributed by atoms with E-state index >= 15 is 0 Å². The molecule has 0 spiro atoms. The zero-order chi connectivity index (χ0) is 22.9. The first kappa shape index (κ1) is 21.0. The van der Waals surface area contributed by atoms with Crippen molar-refractivity contribution in [3.8, 4) is 17.0 Å². The number of fused-ring (bicyclic) bond motifs is 1. The maximum absolute atomic E-state index is 11.8. The van der Waals surface area contributed by atoms with Gasteiger partial charge in [0.15, 0.2) is 6.61 Å². The van der Waals surface area contributed by atoms with Gasteiger partial charge in [-0.25, -0.2) is 9.67 Å². The summed E-state index contributed by atoms with van der Waals surface area (Å²) in [4.78, 5) is 17.5. The summed E-state index contributed by atoms with van der Waals surface area (Å²) in [6.07, 6.45) is 1.63. The molecule has 1 aliphatic heterocycles. The summed E-state index contributed by atoms with van der Waals surface area (Å²) in [7, 11) is 0. The van der Waals surface area contributed by atoms with Gasteiger partial charge in [0.1, 0.15) is 17.2 Å². The highest BCUT2D eigenvalue weighted by atomic mass is 32.1. The van der Waals surface area contributed by atoms with Gasteiger partial charge in [-0.3, -0.25) is 4.79 Å². The molecule has 4 aromatic rings. The molecule has 0 saturated heterocycles. The van der Waals surface area contributed by atoms with Crippen LogP contribution in [0.5, 0.6) is 5.75 Å². The van der Waals surface area contributed by atoms with Gasteiger partial charge < -0.3 is 14.5 Å². The minimum Gasteiger partial charge on any atom is -0.482 e. The Bertz CT molecular complexity index is 1420. The van der Waals surface area contributed by atoms with Gasteiger partial charge in [0.2, 0.25) is 4.80 Å². The van der Waals surface area contributed by atoms with Crippen LogP contribution in [0.15, 0.2) is 74.7 Å². The number of benzene rings is 2. The van der Waals surface area contributed by atoms with Crippen LogP contribution in [-0.2, 0) is 4.79 Å². The molecule has 0 atom stereocenters. The van der Waals surface area contributed by atoms with Crippen molar-refractivity contribution < 1.29 is 13.9 Å². The second-order valence-corrected chi connectivity index (χ2v) is 8.61. The average Bonchev–Trinajstić information content (AvgIpc) is 3.47. The molecule has 1 aliphatic rings. The first-order chi connectivity index (χ1) is 16.0. The molecule has 2 aromatic heterocycles. The number of para-hydroxylation sites is 1. The lowest BCUT2D eigenvalue weighted by molar-refractivity contribution is -0.118. The Labute approximate surface area is 194 Å². The van der Waals surface area contributed by atoms with Crippen LogP contribution < -0.4 is 14.9 Å². The highest BCUT2D eigenvalue weighted by Crippen LogP contribution is 2.33. The highest BCUT2D eigenvalue weighted by Gasteiger charge is 2.18. The predicted molar refractivity (Wildman–Crippen MR) is 129 cm³/mol. The Kier molecular flexibility index (Phi) is 5.43. The molecule has 166 valence electrons. The number of aromatic nitrogens is 1. The highest BCUT2D eigenvalue weighted by molar-refractivity contribution is 7.07. The Morgan fingerprint density at radius 2 is 1.94 bits per heavy atom. The van der Waals surface area contributed by atoms with Crippen LogP contribution >= 0.6 is 11.3 Å². The molecule has 0 fully saturated rings. The molecule has 8 heteroatoms. The van der Waals surface area contributed by atoms with Gasteiger partial charge in [-0.1, -0.05) is 18.2 Å². The van der Waals surface area contributed by atoms with Crippen LogP contribution in [0.25, 0.3) is 11.3 Å². The second kappa shape index (κ2) is 8.55. The van der Waals surface area contributed by atoms with E-state index in [2.05, 4.69) is 5.32 Å². The van der Waals surface area contributed by atoms with Crippen LogP contribution in [0.3, 0.4) is 0 Å². The van der Waals surface area contributed by atoms with E-state index in [1.165, 1.54) is 11.3 Å². The number of hydrogen-bond donors (Lipinski definition) is 1. The van der Waals surface area contributed by atoms with Crippen LogP contribution in [0, 0.1) is 13.8 Å². The molecule has 0 aliphatic carbocycles. The minimum atomic E-state index is -0.171. The number of carbonyl (C=O) groups is 1. The summed E-state index contributed by atoms with van der Waals surface area (Å²) in [5.74, 6) is 1.16. The molecule has 0 bridgehead atoms. The topological polar surface area (TPSA) is 81.1 Å². The lowest BCUT2D eigenvalue weighted by Crippen LogP contribution is -2.25. The number of amides is 1. The zero-order valence-corrected chi connectivity index (χ0v) is 19.3. The number of nitrogens with zero attached hydrogens (tertiary/aromatic N) is 3. The molecule has 2 aromatic carbocycles. The Hall–Kier alpha value is -3.91. The molecule has 0 unspecified atom stereocenters. The average molecular weight is 459 g/mol. The summed E-state index contributed by atoms with van der Waals surface area (Å²) >= 11 is 1.50. The summed E-state index contributed by atoms with van der Waals surface area (Å²) < 4.78 is 12.9. The largest absolute Gasteiger partial charge is 0.482 e. The summed E-state index contributed by atoms with van der Waals surface area (Å²) in [6, 6.07) is 15.5. The number of ether oxygens (including phenoxy) is 1. The molecule has 0 saturated carbocycles. The first-order valence-electron chi connectivity index (χ1n) is 10.5. The number of aryl methyl sites for hydroxylation is 2. The summed E-state index contributed by atoms with van der Waals surface area (Å²) in [6.45, 7) is 6.02. The number of furan rings is 1. The van der Waals surface area contributed by atoms with Gasteiger partial charge >= 0.3 is 0 Å². The number of carbonyl (C=O) groups excluding carboxylic acids is 1. The van der Waals surface area contributed by atoms with Crippen LogP contribution in [0.1, 0.15) is 23.8 Å². The number of rotatable bonds is 4. The van der Waals surface area contributed by atoms with Crippen LogP contribution in [0.4, 0.5) is 11.4 Å². The van der Waals surface area contributed by atoms with Crippen molar-refractivity contribution >= 4 is 34.3 Å². The molecular weight excluding hydrogens is 436 g/mol. The van der Waals surface area contributed by atoms with Crippen LogP contribution in [0.2, 0.25) is 0 Å². The fourth-order valence-corrected chi connectivity index (χ4v) is 4.51. The van der Waals surface area contributed by atoms with Gasteiger partial charge in [0.05, 0.1) is 23.3 Å². The van der Waals surface area contributed by atoms with Crippen molar-refractivity contribution in [1.82, 2.24) is 4.68 Å². The third kappa shape index (κ3) is 4.12. The van der Waals surface area contributed by atoms with Crippen molar-refractivity contribution in [3.63, 3.8) is 0 Å². The summed E-state index contributed by atoms with van der Waals surface area (Å²) in [5, 5.41) is 9.74. The number of anilines is 1. The molecule has 3 heterocycles. The quantitative estimate of drug-likeness (QED) is 0.424. The first-order valence-corrected chi connectivity index (χ1v) is 11.4. The van der Waals surface area contributed by atoms with E-state index < -0.39 is 0 Å². The van der Waals surface area contributed by atoms with Crippen molar-refractivity contribution in [2.24, 2.45) is 10.1 Å². The van der Waals surface area contributed by atoms with E-state index in [1.807, 2.05) is 79.4 Å². The fourth-order valence-electron chi connectivity index (χ4n) is 3.68. The third-order valence-electron chi connectivity index (χ3n) is 5.37. The smallest absolute Gasteiger partial charge is 0.262 e. The minimum absolute atomic E-state index is 0.0240. The standard InChI is InChI=1S/C25H22N4O3S/c1-15-6-4-7-16(2)24(15)27-25-29(28-17(3)21-8-5-11-31-21)20(14-33-25)18-9-10-22-19(12-18)26-23(30)13-32-22/h4-12,14H,13H2,1-3H3,(H,26,30). The van der Waals surface area contributed by atoms with E-state index in [0.29, 0.717) is 17.2 Å². The normalized spacial score (nSPS) is 14.1. The lowest BCUT2D eigenvalue weighted by Gasteiger charge is -2.18. The predicted octanol–water partition coefficient (Wildman–Crippen LogP) is 5.26. The second-order valence-electron chi connectivity index (χ2n) is 7.78. The van der Waals surface area contributed by atoms with E-state index in [-0.39, 0.29) is 12.5 Å².